The Kier molecular flexibility index (Phi) is 4.21. The van der Waals surface area contributed by atoms with Crippen LogP contribution in [0.4, 0.5) is 4.39 Å². The van der Waals surface area contributed by atoms with Gasteiger partial charge in [0.25, 0.3) is 5.91 Å². The topological polar surface area (TPSA) is 46.1 Å². The van der Waals surface area contributed by atoms with E-state index in [4.69, 9.17) is 0 Å². The molecule has 0 saturated heterocycles. The molecule has 6 heteroatoms. The van der Waals surface area contributed by atoms with Crippen molar-refractivity contribution in [2.24, 2.45) is 0 Å². The lowest BCUT2D eigenvalue weighted by Gasteiger charge is -2.16. The van der Waals surface area contributed by atoms with Crippen LogP contribution in [-0.2, 0) is 13.0 Å². The largest absolute Gasteiger partial charge is 0.337 e. The van der Waals surface area contributed by atoms with Gasteiger partial charge in [0.2, 0.25) is 0 Å². The van der Waals surface area contributed by atoms with Gasteiger partial charge in [-0.05, 0) is 35.6 Å². The van der Waals surface area contributed by atoms with Gasteiger partial charge in [-0.1, -0.05) is 23.5 Å². The summed E-state index contributed by atoms with van der Waals surface area (Å²) in [5.74, 6) is -0.381. The van der Waals surface area contributed by atoms with Gasteiger partial charge in [-0.2, -0.15) is 0 Å². The second kappa shape index (κ2) is 5.88. The van der Waals surface area contributed by atoms with Gasteiger partial charge >= 0.3 is 0 Å². The Morgan fingerprint density at radius 2 is 2.05 bits per heavy atom. The van der Waals surface area contributed by atoms with Crippen molar-refractivity contribution in [1.29, 1.82) is 0 Å². The Morgan fingerprint density at radius 3 is 2.68 bits per heavy atom. The predicted octanol–water partition coefficient (Wildman–Crippen LogP) is 2.51. The number of rotatable bonds is 4. The molecular formula is C13H14FN3OS. The summed E-state index contributed by atoms with van der Waals surface area (Å²) in [6, 6.07) is 6.12. The average molecular weight is 279 g/mol. The van der Waals surface area contributed by atoms with E-state index in [1.165, 1.54) is 12.1 Å². The number of aromatic nitrogens is 2. The fraction of sp³-hybridized carbons (Fsp3) is 0.308. The number of benzene rings is 1. The molecular weight excluding hydrogens is 265 g/mol. The van der Waals surface area contributed by atoms with Gasteiger partial charge in [-0.15, -0.1) is 5.10 Å². The van der Waals surface area contributed by atoms with E-state index < -0.39 is 0 Å². The number of nitrogens with zero attached hydrogens (tertiary/aromatic N) is 3. The summed E-state index contributed by atoms with van der Waals surface area (Å²) in [7, 11) is 1.71. The second-order valence-corrected chi connectivity index (χ2v) is 4.94. The molecule has 100 valence electrons. The minimum absolute atomic E-state index is 0.101. The van der Waals surface area contributed by atoms with Crippen LogP contribution in [0.25, 0.3) is 0 Å². The first kappa shape index (κ1) is 13.6. The van der Waals surface area contributed by atoms with Gasteiger partial charge in [0.15, 0.2) is 0 Å². The van der Waals surface area contributed by atoms with Crippen molar-refractivity contribution in [2.45, 2.75) is 19.9 Å². The highest BCUT2D eigenvalue weighted by Crippen LogP contribution is 2.15. The summed E-state index contributed by atoms with van der Waals surface area (Å²) in [4.78, 5) is 14.4. The minimum atomic E-state index is -0.280. The molecule has 0 N–H and O–H groups in total. The number of aryl methyl sites for hydroxylation is 1. The normalized spacial score (nSPS) is 10.5. The Labute approximate surface area is 115 Å². The van der Waals surface area contributed by atoms with Crippen LogP contribution >= 0.6 is 11.5 Å². The maximum atomic E-state index is 12.8. The number of carbonyl (C=O) groups is 1. The van der Waals surface area contributed by atoms with Crippen LogP contribution in [0.1, 0.15) is 27.9 Å². The molecule has 0 aliphatic carbocycles. The SMILES string of the molecule is CCc1nnsc1C(=O)N(C)Cc1ccc(F)cc1. The zero-order valence-corrected chi connectivity index (χ0v) is 11.6. The fourth-order valence-corrected chi connectivity index (χ4v) is 2.46. The molecule has 0 saturated carbocycles. The van der Waals surface area contributed by atoms with Crippen LogP contribution in [0.3, 0.4) is 0 Å². The monoisotopic (exact) mass is 279 g/mol. The van der Waals surface area contributed by atoms with Crippen LogP contribution in [0.15, 0.2) is 24.3 Å². The number of carbonyl (C=O) groups excluding carboxylic acids is 1. The number of amides is 1. The van der Waals surface area contributed by atoms with Crippen LogP contribution in [0.2, 0.25) is 0 Å². The summed E-state index contributed by atoms with van der Waals surface area (Å²) < 4.78 is 16.6. The van der Waals surface area contributed by atoms with Crippen molar-refractivity contribution >= 4 is 17.4 Å². The highest BCUT2D eigenvalue weighted by Gasteiger charge is 2.18. The highest BCUT2D eigenvalue weighted by molar-refractivity contribution is 7.07. The molecule has 4 nitrogen and oxygen atoms in total. The van der Waals surface area contributed by atoms with E-state index in [0.717, 1.165) is 22.8 Å². The Hall–Kier alpha value is -1.82. The number of halogens is 1. The molecule has 0 atom stereocenters. The van der Waals surface area contributed by atoms with E-state index in [1.54, 1.807) is 24.1 Å². The molecule has 2 rings (SSSR count). The summed E-state index contributed by atoms with van der Waals surface area (Å²) in [5, 5.41) is 3.93. The molecule has 0 spiro atoms. The molecule has 0 unspecified atom stereocenters. The van der Waals surface area contributed by atoms with Gasteiger partial charge in [-0.25, -0.2) is 4.39 Å². The standard InChI is InChI=1S/C13H14FN3OS/c1-3-11-12(19-16-15-11)13(18)17(2)8-9-4-6-10(14)7-5-9/h4-7H,3,8H2,1-2H3. The average Bonchev–Trinajstić information content (AvgIpc) is 2.88. The molecule has 0 bridgehead atoms. The number of hydrogen-bond acceptors (Lipinski definition) is 4. The zero-order valence-electron chi connectivity index (χ0n) is 10.8. The summed E-state index contributed by atoms with van der Waals surface area (Å²) in [6.07, 6.45) is 0.683. The van der Waals surface area contributed by atoms with E-state index in [0.29, 0.717) is 17.8 Å². The van der Waals surface area contributed by atoms with Crippen LogP contribution in [-0.4, -0.2) is 27.4 Å². The van der Waals surface area contributed by atoms with Gasteiger partial charge < -0.3 is 4.90 Å². The summed E-state index contributed by atoms with van der Waals surface area (Å²) in [6.45, 7) is 2.37. The van der Waals surface area contributed by atoms with Crippen molar-refractivity contribution < 1.29 is 9.18 Å². The molecule has 1 amide bonds. The molecule has 0 radical (unpaired) electrons. The highest BCUT2D eigenvalue weighted by atomic mass is 32.1. The Balaban J connectivity index is 2.09. The van der Waals surface area contributed by atoms with Crippen molar-refractivity contribution in [3.8, 4) is 0 Å². The van der Waals surface area contributed by atoms with Crippen LogP contribution in [0, 0.1) is 5.82 Å². The molecule has 0 aliphatic rings. The van der Waals surface area contributed by atoms with Gasteiger partial charge in [-0.3, -0.25) is 4.79 Å². The Bertz CT molecular complexity index is 568. The molecule has 2 aromatic rings. The van der Waals surface area contributed by atoms with E-state index >= 15 is 0 Å². The second-order valence-electron chi connectivity index (χ2n) is 4.19. The minimum Gasteiger partial charge on any atom is -0.337 e. The maximum Gasteiger partial charge on any atom is 0.267 e. The maximum absolute atomic E-state index is 12.8. The molecule has 19 heavy (non-hydrogen) atoms. The van der Waals surface area contributed by atoms with Gasteiger partial charge in [0, 0.05) is 13.6 Å². The van der Waals surface area contributed by atoms with Crippen molar-refractivity contribution in [2.75, 3.05) is 7.05 Å². The van der Waals surface area contributed by atoms with E-state index in [9.17, 15) is 9.18 Å². The molecule has 0 aliphatic heterocycles. The first-order chi connectivity index (χ1) is 9.11. The van der Waals surface area contributed by atoms with Crippen molar-refractivity contribution in [1.82, 2.24) is 14.5 Å². The lowest BCUT2D eigenvalue weighted by Crippen LogP contribution is -2.26. The van der Waals surface area contributed by atoms with Crippen LogP contribution in [0.5, 0.6) is 0 Å². The smallest absolute Gasteiger partial charge is 0.267 e. The lowest BCUT2D eigenvalue weighted by atomic mass is 10.2. The van der Waals surface area contributed by atoms with Crippen molar-refractivity contribution in [3.05, 3.63) is 46.2 Å². The first-order valence-corrected chi connectivity index (χ1v) is 6.70. The summed E-state index contributed by atoms with van der Waals surface area (Å²) >= 11 is 1.11. The van der Waals surface area contributed by atoms with Gasteiger partial charge in [0.1, 0.15) is 10.7 Å². The molecule has 1 heterocycles. The molecule has 1 aromatic carbocycles. The third-order valence-corrected chi connectivity index (χ3v) is 3.52. The van der Waals surface area contributed by atoms with Crippen molar-refractivity contribution in [3.63, 3.8) is 0 Å². The van der Waals surface area contributed by atoms with Gasteiger partial charge in [0.05, 0.1) is 5.69 Å². The third kappa shape index (κ3) is 3.14. The Morgan fingerprint density at radius 1 is 1.37 bits per heavy atom. The quantitative estimate of drug-likeness (QED) is 0.864. The van der Waals surface area contributed by atoms with E-state index in [1.807, 2.05) is 6.92 Å². The fourth-order valence-electron chi connectivity index (χ4n) is 1.71. The summed E-state index contributed by atoms with van der Waals surface area (Å²) in [5.41, 5.74) is 1.61. The molecule has 0 fully saturated rings. The zero-order chi connectivity index (χ0) is 13.8. The number of hydrogen-bond donors (Lipinski definition) is 0. The third-order valence-electron chi connectivity index (χ3n) is 2.76. The first-order valence-electron chi connectivity index (χ1n) is 5.93. The molecule has 1 aromatic heterocycles. The predicted molar refractivity (Wildman–Crippen MR) is 71.5 cm³/mol. The van der Waals surface area contributed by atoms with E-state index in [2.05, 4.69) is 9.59 Å². The van der Waals surface area contributed by atoms with E-state index in [-0.39, 0.29) is 11.7 Å². The van der Waals surface area contributed by atoms with Crippen LogP contribution < -0.4 is 0 Å². The lowest BCUT2D eigenvalue weighted by molar-refractivity contribution is 0.0788.